The van der Waals surface area contributed by atoms with E-state index in [4.69, 9.17) is 4.74 Å². The van der Waals surface area contributed by atoms with Gasteiger partial charge in [-0.25, -0.2) is 0 Å². The van der Waals surface area contributed by atoms with Crippen LogP contribution in [-0.2, 0) is 19.1 Å². The van der Waals surface area contributed by atoms with Gasteiger partial charge in [-0.15, -0.1) is 0 Å². The zero-order valence-electron chi connectivity index (χ0n) is 17.6. The van der Waals surface area contributed by atoms with E-state index in [0.29, 0.717) is 38.5 Å². The Balaban J connectivity index is 1.52. The molecule has 0 aromatic rings. The Bertz CT molecular complexity index is 938. The van der Waals surface area contributed by atoms with E-state index in [0.717, 1.165) is 12.8 Å². The fourth-order valence-electron chi connectivity index (χ4n) is 9.73. The molecule has 160 valence electrons. The molecule has 1 aliphatic heterocycles. The number of fused-ring (bicyclic) bond motifs is 7. The number of hydrogen-bond donors (Lipinski definition) is 1. The molecular weight excluding hydrogens is 382 g/mol. The van der Waals surface area contributed by atoms with Crippen molar-refractivity contribution in [2.24, 2.45) is 45.8 Å². The SMILES string of the molecule is CC12C[C@H](O)C3C(C1CC[C@]21CCC(=O)O1)[C@H]1C[C@@]2(C#N)[C@@H](C(=O)CCC32C)C1=O. The first-order valence-electron chi connectivity index (χ1n) is 11.5. The van der Waals surface area contributed by atoms with E-state index in [1.54, 1.807) is 0 Å². The smallest absolute Gasteiger partial charge is 0.306 e. The van der Waals surface area contributed by atoms with Gasteiger partial charge in [0.05, 0.1) is 23.5 Å². The quantitative estimate of drug-likeness (QED) is 0.485. The monoisotopic (exact) mass is 411 g/mol. The second-order valence-electron chi connectivity index (χ2n) is 11.5. The second-order valence-corrected chi connectivity index (χ2v) is 11.5. The van der Waals surface area contributed by atoms with E-state index in [1.165, 1.54) is 0 Å². The summed E-state index contributed by atoms with van der Waals surface area (Å²) < 4.78 is 5.94. The molecule has 10 atom stereocenters. The molecule has 5 unspecified atom stereocenters. The summed E-state index contributed by atoms with van der Waals surface area (Å²) in [7, 11) is 0. The third-order valence-corrected chi connectivity index (χ3v) is 11.0. The highest BCUT2D eigenvalue weighted by atomic mass is 16.6. The van der Waals surface area contributed by atoms with Gasteiger partial charge in [-0.3, -0.25) is 14.4 Å². The fraction of sp³-hybridized carbons (Fsp3) is 0.833. The van der Waals surface area contributed by atoms with Gasteiger partial charge < -0.3 is 9.84 Å². The van der Waals surface area contributed by atoms with Crippen LogP contribution in [0.2, 0.25) is 0 Å². The number of ether oxygens (including phenoxy) is 1. The summed E-state index contributed by atoms with van der Waals surface area (Å²) >= 11 is 0. The van der Waals surface area contributed by atoms with E-state index < -0.39 is 28.5 Å². The molecular formula is C24H29NO5. The Hall–Kier alpha value is -1.74. The molecule has 0 aromatic heterocycles. The molecule has 1 heterocycles. The van der Waals surface area contributed by atoms with Crippen molar-refractivity contribution in [2.75, 3.05) is 0 Å². The molecule has 0 amide bonds. The summed E-state index contributed by atoms with van der Waals surface area (Å²) in [5.41, 5.74) is -2.44. The van der Waals surface area contributed by atoms with Crippen LogP contribution in [0, 0.1) is 57.2 Å². The lowest BCUT2D eigenvalue weighted by Crippen LogP contribution is -2.65. The number of aliphatic hydroxyl groups is 1. The number of carbonyl (C=O) groups excluding carboxylic acids is 3. The van der Waals surface area contributed by atoms with E-state index in [-0.39, 0.29) is 46.6 Å². The Morgan fingerprint density at radius 2 is 1.83 bits per heavy atom. The van der Waals surface area contributed by atoms with Crippen molar-refractivity contribution in [1.29, 1.82) is 5.26 Å². The number of Topliss-reactive ketones (excluding diaryl/α,β-unsaturated/α-hetero) is 2. The highest BCUT2D eigenvalue weighted by Gasteiger charge is 2.79. The van der Waals surface area contributed by atoms with Crippen molar-refractivity contribution in [3.8, 4) is 6.07 Å². The van der Waals surface area contributed by atoms with Gasteiger partial charge in [0.2, 0.25) is 0 Å². The van der Waals surface area contributed by atoms with Gasteiger partial charge in [0.15, 0.2) is 0 Å². The number of carbonyl (C=O) groups is 3. The first-order valence-corrected chi connectivity index (χ1v) is 11.5. The van der Waals surface area contributed by atoms with E-state index in [1.807, 2.05) is 0 Å². The molecule has 1 N–H and O–H groups in total. The average Bonchev–Trinajstić information content (AvgIpc) is 3.31. The maximum atomic E-state index is 13.6. The van der Waals surface area contributed by atoms with Crippen molar-refractivity contribution >= 4 is 17.5 Å². The predicted molar refractivity (Wildman–Crippen MR) is 103 cm³/mol. The number of nitrogens with zero attached hydrogens (tertiary/aromatic N) is 1. The molecule has 1 spiro atoms. The molecule has 2 bridgehead atoms. The minimum atomic E-state index is -0.976. The van der Waals surface area contributed by atoms with Gasteiger partial charge >= 0.3 is 5.97 Å². The first-order chi connectivity index (χ1) is 14.1. The Labute approximate surface area is 176 Å². The van der Waals surface area contributed by atoms with Gasteiger partial charge in [-0.2, -0.15) is 5.26 Å². The van der Waals surface area contributed by atoms with Crippen LogP contribution >= 0.6 is 0 Å². The van der Waals surface area contributed by atoms with Crippen LogP contribution in [0.5, 0.6) is 0 Å². The number of rotatable bonds is 0. The van der Waals surface area contributed by atoms with Gasteiger partial charge in [0, 0.05) is 24.2 Å². The van der Waals surface area contributed by atoms with Gasteiger partial charge in [0.25, 0.3) is 0 Å². The van der Waals surface area contributed by atoms with Crippen molar-refractivity contribution < 1.29 is 24.2 Å². The maximum absolute atomic E-state index is 13.6. The van der Waals surface area contributed by atoms with Gasteiger partial charge in [-0.05, 0) is 61.7 Å². The summed E-state index contributed by atoms with van der Waals surface area (Å²) in [4.78, 5) is 38.5. The average molecular weight is 411 g/mol. The van der Waals surface area contributed by atoms with Crippen LogP contribution in [0.1, 0.15) is 65.2 Å². The standard InChI is InChI=1S/C24H29NO5/c1-21-6-4-14(26)19-20(29)12(9-23(19,21)11-25)17-13-3-7-24(8-5-16(28)30-24)22(13,2)10-15(27)18(17)21/h12-13,15,17-19,27H,3-10H2,1-2H3/t12-,13?,15+,17?,18?,19+,21?,22?,23-,24+/m1/s1. The summed E-state index contributed by atoms with van der Waals surface area (Å²) in [5, 5.41) is 21.9. The van der Waals surface area contributed by atoms with Crippen LogP contribution in [-0.4, -0.2) is 34.3 Å². The first kappa shape index (κ1) is 19.0. The molecule has 5 saturated carbocycles. The molecule has 0 aromatic carbocycles. The zero-order chi connectivity index (χ0) is 21.3. The number of ketones is 2. The maximum Gasteiger partial charge on any atom is 0.306 e. The summed E-state index contributed by atoms with van der Waals surface area (Å²) in [6.45, 7) is 4.21. The van der Waals surface area contributed by atoms with Crippen molar-refractivity contribution in [1.82, 2.24) is 0 Å². The Morgan fingerprint density at radius 1 is 1.07 bits per heavy atom. The Kier molecular flexibility index (Phi) is 3.39. The molecule has 6 rings (SSSR count). The Morgan fingerprint density at radius 3 is 2.50 bits per heavy atom. The third kappa shape index (κ3) is 1.74. The van der Waals surface area contributed by atoms with Crippen LogP contribution in [0.4, 0.5) is 0 Å². The van der Waals surface area contributed by atoms with Crippen molar-refractivity contribution in [2.45, 2.75) is 76.9 Å². The molecule has 6 nitrogen and oxygen atoms in total. The molecule has 6 aliphatic rings. The number of aliphatic hydroxyl groups excluding tert-OH is 1. The highest BCUT2D eigenvalue weighted by molar-refractivity contribution is 6.07. The van der Waals surface area contributed by atoms with E-state index in [2.05, 4.69) is 19.9 Å². The minimum absolute atomic E-state index is 0.0488. The van der Waals surface area contributed by atoms with Crippen LogP contribution in [0.15, 0.2) is 0 Å². The summed E-state index contributed by atoms with van der Waals surface area (Å²) in [6, 6.07) is 2.47. The zero-order valence-corrected chi connectivity index (χ0v) is 17.6. The van der Waals surface area contributed by atoms with Crippen LogP contribution in [0.3, 0.4) is 0 Å². The van der Waals surface area contributed by atoms with Crippen molar-refractivity contribution in [3.63, 3.8) is 0 Å². The molecule has 6 fully saturated rings. The lowest BCUT2D eigenvalue weighted by molar-refractivity contribution is -0.213. The van der Waals surface area contributed by atoms with Crippen LogP contribution in [0.25, 0.3) is 0 Å². The fourth-order valence-corrected chi connectivity index (χ4v) is 9.73. The summed E-state index contributed by atoms with van der Waals surface area (Å²) in [5.74, 6) is -1.52. The third-order valence-electron chi connectivity index (χ3n) is 11.0. The van der Waals surface area contributed by atoms with Crippen LogP contribution < -0.4 is 0 Å². The lowest BCUT2D eigenvalue weighted by atomic mass is 9.39. The second kappa shape index (κ2) is 5.35. The lowest BCUT2D eigenvalue weighted by Gasteiger charge is -2.64. The molecule has 6 heteroatoms. The summed E-state index contributed by atoms with van der Waals surface area (Å²) in [6.07, 6.45) is 3.95. The highest BCUT2D eigenvalue weighted by Crippen LogP contribution is 2.76. The van der Waals surface area contributed by atoms with E-state index in [9.17, 15) is 24.8 Å². The topological polar surface area (TPSA) is 104 Å². The largest absolute Gasteiger partial charge is 0.458 e. The van der Waals surface area contributed by atoms with Crippen molar-refractivity contribution in [3.05, 3.63) is 0 Å². The van der Waals surface area contributed by atoms with Gasteiger partial charge in [-0.1, -0.05) is 13.8 Å². The normalized spacial score (nSPS) is 58.4. The number of hydrogen-bond acceptors (Lipinski definition) is 6. The molecule has 5 aliphatic carbocycles. The van der Waals surface area contributed by atoms with E-state index >= 15 is 0 Å². The minimum Gasteiger partial charge on any atom is -0.458 e. The van der Waals surface area contributed by atoms with Gasteiger partial charge in [0.1, 0.15) is 17.2 Å². The number of nitriles is 1. The molecule has 1 saturated heterocycles. The number of esters is 1. The predicted octanol–water partition coefficient (Wildman–Crippen LogP) is 2.57. The molecule has 30 heavy (non-hydrogen) atoms. The molecule has 0 radical (unpaired) electrons.